The standard InChI is InChI=1S/C14H20O3/c1-14(2,3)9-10-17-12-7-5-11(6-8-12)13(15)16-4/h5-8H,9-10H2,1-4H3. The second-order valence-corrected chi connectivity index (χ2v) is 5.18. The minimum atomic E-state index is -0.328. The van der Waals surface area contributed by atoms with Crippen molar-refractivity contribution in [2.75, 3.05) is 13.7 Å². The van der Waals surface area contributed by atoms with Crippen LogP contribution in [0.4, 0.5) is 0 Å². The van der Waals surface area contributed by atoms with Crippen LogP contribution in [0.2, 0.25) is 0 Å². The largest absolute Gasteiger partial charge is 0.494 e. The van der Waals surface area contributed by atoms with Crippen molar-refractivity contribution < 1.29 is 14.3 Å². The summed E-state index contributed by atoms with van der Waals surface area (Å²) in [6.07, 6.45) is 0.992. The lowest BCUT2D eigenvalue weighted by Gasteiger charge is -2.18. The highest BCUT2D eigenvalue weighted by atomic mass is 16.5. The summed E-state index contributed by atoms with van der Waals surface area (Å²) in [4.78, 5) is 11.2. The van der Waals surface area contributed by atoms with E-state index >= 15 is 0 Å². The second kappa shape index (κ2) is 5.71. The molecule has 0 unspecified atom stereocenters. The van der Waals surface area contributed by atoms with Gasteiger partial charge in [-0.1, -0.05) is 20.8 Å². The van der Waals surface area contributed by atoms with Gasteiger partial charge in [0, 0.05) is 0 Å². The Labute approximate surface area is 103 Å². The van der Waals surface area contributed by atoms with Crippen LogP contribution in [0.3, 0.4) is 0 Å². The van der Waals surface area contributed by atoms with Gasteiger partial charge in [0.25, 0.3) is 0 Å². The fourth-order valence-electron chi connectivity index (χ4n) is 1.28. The van der Waals surface area contributed by atoms with Crippen molar-refractivity contribution in [3.8, 4) is 5.75 Å². The normalized spacial score (nSPS) is 11.1. The van der Waals surface area contributed by atoms with Gasteiger partial charge < -0.3 is 9.47 Å². The average Bonchev–Trinajstić information content (AvgIpc) is 2.27. The van der Waals surface area contributed by atoms with E-state index in [1.807, 2.05) is 0 Å². The van der Waals surface area contributed by atoms with Crippen molar-refractivity contribution in [2.45, 2.75) is 27.2 Å². The van der Waals surface area contributed by atoms with Gasteiger partial charge in [-0.25, -0.2) is 4.79 Å². The number of carbonyl (C=O) groups excluding carboxylic acids is 1. The van der Waals surface area contributed by atoms with Crippen LogP contribution in [0.5, 0.6) is 5.75 Å². The monoisotopic (exact) mass is 236 g/mol. The summed E-state index contributed by atoms with van der Waals surface area (Å²) in [6.45, 7) is 7.21. The summed E-state index contributed by atoms with van der Waals surface area (Å²) >= 11 is 0. The minimum Gasteiger partial charge on any atom is -0.494 e. The highest BCUT2D eigenvalue weighted by Crippen LogP contribution is 2.19. The van der Waals surface area contributed by atoms with E-state index in [0.29, 0.717) is 12.2 Å². The summed E-state index contributed by atoms with van der Waals surface area (Å²) in [5, 5.41) is 0. The topological polar surface area (TPSA) is 35.5 Å². The molecule has 1 aromatic carbocycles. The molecule has 0 amide bonds. The lowest BCUT2D eigenvalue weighted by molar-refractivity contribution is 0.0600. The first-order valence-electron chi connectivity index (χ1n) is 5.73. The molecule has 0 bridgehead atoms. The highest BCUT2D eigenvalue weighted by molar-refractivity contribution is 5.89. The fraction of sp³-hybridized carbons (Fsp3) is 0.500. The van der Waals surface area contributed by atoms with Crippen LogP contribution in [0.15, 0.2) is 24.3 Å². The number of benzene rings is 1. The third-order valence-corrected chi connectivity index (χ3v) is 2.40. The van der Waals surface area contributed by atoms with E-state index in [9.17, 15) is 4.79 Å². The molecule has 0 aromatic heterocycles. The van der Waals surface area contributed by atoms with E-state index in [-0.39, 0.29) is 11.4 Å². The molecule has 0 aliphatic rings. The molecule has 1 aromatic rings. The molecule has 94 valence electrons. The van der Waals surface area contributed by atoms with Crippen LogP contribution in [0, 0.1) is 5.41 Å². The molecule has 17 heavy (non-hydrogen) atoms. The van der Waals surface area contributed by atoms with Crippen LogP contribution >= 0.6 is 0 Å². The van der Waals surface area contributed by atoms with E-state index in [1.54, 1.807) is 24.3 Å². The number of carbonyl (C=O) groups is 1. The lowest BCUT2D eigenvalue weighted by atomic mass is 9.93. The van der Waals surface area contributed by atoms with E-state index in [2.05, 4.69) is 25.5 Å². The Morgan fingerprint density at radius 3 is 2.24 bits per heavy atom. The first kappa shape index (κ1) is 13.6. The number of methoxy groups -OCH3 is 1. The Morgan fingerprint density at radius 2 is 1.76 bits per heavy atom. The van der Waals surface area contributed by atoms with Crippen molar-refractivity contribution in [1.82, 2.24) is 0 Å². The molecule has 0 aliphatic heterocycles. The van der Waals surface area contributed by atoms with E-state index < -0.39 is 0 Å². The van der Waals surface area contributed by atoms with Gasteiger partial charge in [0.05, 0.1) is 19.3 Å². The van der Waals surface area contributed by atoms with Gasteiger partial charge in [-0.15, -0.1) is 0 Å². The van der Waals surface area contributed by atoms with Crippen LogP contribution in [0.1, 0.15) is 37.6 Å². The van der Waals surface area contributed by atoms with Crippen LogP contribution in [-0.2, 0) is 4.74 Å². The maximum absolute atomic E-state index is 11.2. The molecule has 0 radical (unpaired) electrons. The van der Waals surface area contributed by atoms with Crippen molar-refractivity contribution in [2.24, 2.45) is 5.41 Å². The predicted octanol–water partition coefficient (Wildman–Crippen LogP) is 3.29. The Morgan fingerprint density at radius 1 is 1.18 bits per heavy atom. The van der Waals surface area contributed by atoms with Crippen molar-refractivity contribution in [1.29, 1.82) is 0 Å². The van der Waals surface area contributed by atoms with Crippen LogP contribution in [-0.4, -0.2) is 19.7 Å². The predicted molar refractivity (Wildman–Crippen MR) is 67.3 cm³/mol. The number of hydrogen-bond acceptors (Lipinski definition) is 3. The summed E-state index contributed by atoms with van der Waals surface area (Å²) in [7, 11) is 1.37. The molecule has 0 saturated heterocycles. The lowest BCUT2D eigenvalue weighted by Crippen LogP contribution is -2.11. The van der Waals surface area contributed by atoms with Gasteiger partial charge in [-0.2, -0.15) is 0 Å². The molecule has 0 atom stereocenters. The second-order valence-electron chi connectivity index (χ2n) is 5.18. The Hall–Kier alpha value is -1.51. The van der Waals surface area contributed by atoms with Crippen LogP contribution < -0.4 is 4.74 Å². The molecule has 0 heterocycles. The summed E-state index contributed by atoms with van der Waals surface area (Å²) in [5.74, 6) is 0.452. The molecule has 1 rings (SSSR count). The van der Waals surface area contributed by atoms with E-state index in [0.717, 1.165) is 12.2 Å². The van der Waals surface area contributed by atoms with Gasteiger partial charge in [-0.3, -0.25) is 0 Å². The number of rotatable bonds is 4. The molecule has 0 spiro atoms. The maximum Gasteiger partial charge on any atom is 0.337 e. The van der Waals surface area contributed by atoms with Crippen molar-refractivity contribution in [3.63, 3.8) is 0 Å². The molecule has 0 saturated carbocycles. The van der Waals surface area contributed by atoms with E-state index in [4.69, 9.17) is 4.74 Å². The summed E-state index contributed by atoms with van der Waals surface area (Å²) < 4.78 is 10.2. The van der Waals surface area contributed by atoms with Gasteiger partial charge in [0.2, 0.25) is 0 Å². The minimum absolute atomic E-state index is 0.270. The molecule has 0 aliphatic carbocycles. The van der Waals surface area contributed by atoms with E-state index in [1.165, 1.54) is 7.11 Å². The first-order valence-corrected chi connectivity index (χ1v) is 5.73. The molecular formula is C14H20O3. The third kappa shape index (κ3) is 4.89. The van der Waals surface area contributed by atoms with Gasteiger partial charge >= 0.3 is 5.97 Å². The Bertz CT molecular complexity index is 360. The zero-order chi connectivity index (χ0) is 12.9. The molecule has 3 nitrogen and oxygen atoms in total. The Balaban J connectivity index is 2.49. The van der Waals surface area contributed by atoms with Crippen LogP contribution in [0.25, 0.3) is 0 Å². The molecule has 0 fully saturated rings. The SMILES string of the molecule is COC(=O)c1ccc(OCCC(C)(C)C)cc1. The average molecular weight is 236 g/mol. The number of esters is 1. The van der Waals surface area contributed by atoms with Crippen molar-refractivity contribution in [3.05, 3.63) is 29.8 Å². The zero-order valence-corrected chi connectivity index (χ0v) is 10.9. The summed E-state index contributed by atoms with van der Waals surface area (Å²) in [5.41, 5.74) is 0.807. The highest BCUT2D eigenvalue weighted by Gasteiger charge is 2.10. The zero-order valence-electron chi connectivity index (χ0n) is 10.9. The number of hydrogen-bond donors (Lipinski definition) is 0. The molecule has 3 heteroatoms. The Kier molecular flexibility index (Phi) is 4.55. The first-order chi connectivity index (χ1) is 7.92. The summed E-state index contributed by atoms with van der Waals surface area (Å²) in [6, 6.07) is 6.99. The molecular weight excluding hydrogens is 216 g/mol. The number of ether oxygens (including phenoxy) is 2. The fourth-order valence-corrected chi connectivity index (χ4v) is 1.28. The van der Waals surface area contributed by atoms with Gasteiger partial charge in [0.1, 0.15) is 5.75 Å². The maximum atomic E-state index is 11.2. The van der Waals surface area contributed by atoms with Gasteiger partial charge in [-0.05, 0) is 36.1 Å². The van der Waals surface area contributed by atoms with Gasteiger partial charge in [0.15, 0.2) is 0 Å². The molecule has 0 N–H and O–H groups in total. The van der Waals surface area contributed by atoms with Crippen molar-refractivity contribution >= 4 is 5.97 Å². The quantitative estimate of drug-likeness (QED) is 0.752. The smallest absolute Gasteiger partial charge is 0.337 e. The third-order valence-electron chi connectivity index (χ3n) is 2.40.